The Morgan fingerprint density at radius 1 is 1.25 bits per heavy atom. The number of nitrogens with zero attached hydrogens (tertiary/aromatic N) is 3. The van der Waals surface area contributed by atoms with Gasteiger partial charge < -0.3 is 9.30 Å². The monoisotopic (exact) mass is 433 g/mol. The zero-order valence-corrected chi connectivity index (χ0v) is 19.1. The van der Waals surface area contributed by atoms with E-state index >= 15 is 0 Å². The molecule has 0 spiro atoms. The molecule has 2 fully saturated rings. The second-order valence-electron chi connectivity index (χ2n) is 10.7. The molecule has 4 aliphatic carbocycles. The van der Waals surface area contributed by atoms with Crippen LogP contribution in [0, 0.1) is 39.9 Å². The third kappa shape index (κ3) is 3.01. The number of ether oxygens (including phenoxy) is 1. The molecule has 1 aromatic heterocycles. The lowest BCUT2D eigenvalue weighted by molar-refractivity contribution is -0.148. The molecule has 6 nitrogen and oxygen atoms in total. The molecule has 0 radical (unpaired) electrons. The molecule has 32 heavy (non-hydrogen) atoms. The summed E-state index contributed by atoms with van der Waals surface area (Å²) < 4.78 is 7.48. The summed E-state index contributed by atoms with van der Waals surface area (Å²) in [6.07, 6.45) is 13.7. The molecule has 0 amide bonds. The van der Waals surface area contributed by atoms with Gasteiger partial charge in [-0.05, 0) is 61.7 Å². The molecule has 0 bridgehead atoms. The number of nitriles is 1. The largest absolute Gasteiger partial charge is 0.462 e. The molecule has 6 atom stereocenters. The minimum atomic E-state index is -0.189. The van der Waals surface area contributed by atoms with Crippen molar-refractivity contribution in [1.29, 1.82) is 5.26 Å². The Balaban J connectivity index is 1.46. The van der Waals surface area contributed by atoms with Gasteiger partial charge in [0.05, 0.1) is 0 Å². The fourth-order valence-electron chi connectivity index (χ4n) is 7.72. The van der Waals surface area contributed by atoms with Gasteiger partial charge in [0.2, 0.25) is 0 Å². The molecule has 2 saturated carbocycles. The van der Waals surface area contributed by atoms with Crippen LogP contribution in [-0.4, -0.2) is 27.9 Å². The van der Waals surface area contributed by atoms with Crippen molar-refractivity contribution in [3.63, 3.8) is 0 Å². The maximum atomic E-state index is 12.1. The van der Waals surface area contributed by atoms with E-state index in [9.17, 15) is 14.9 Å². The molecular weight excluding hydrogens is 402 g/mol. The predicted molar refractivity (Wildman–Crippen MR) is 119 cm³/mol. The number of hydrogen-bond donors (Lipinski definition) is 0. The first-order valence-corrected chi connectivity index (χ1v) is 11.8. The Labute approximate surface area is 189 Å². The van der Waals surface area contributed by atoms with Gasteiger partial charge in [0, 0.05) is 36.2 Å². The highest BCUT2D eigenvalue weighted by Crippen LogP contribution is 2.66. The first-order chi connectivity index (χ1) is 15.3. The molecule has 168 valence electrons. The number of hydrogen-bond acceptors (Lipinski definition) is 5. The average molecular weight is 434 g/mol. The zero-order valence-electron chi connectivity index (χ0n) is 19.1. The van der Waals surface area contributed by atoms with Crippen molar-refractivity contribution in [3.05, 3.63) is 35.4 Å². The molecule has 6 heteroatoms. The van der Waals surface area contributed by atoms with E-state index in [0.717, 1.165) is 62.5 Å². The summed E-state index contributed by atoms with van der Waals surface area (Å²) in [5.41, 5.74) is 3.80. The Hall–Kier alpha value is -2.68. The maximum Gasteiger partial charge on any atom is 0.302 e. The summed E-state index contributed by atoms with van der Waals surface area (Å²) in [5.74, 6) is 1.33. The highest BCUT2D eigenvalue weighted by atomic mass is 16.5. The topological polar surface area (TPSA) is 85.0 Å². The molecule has 0 aromatic carbocycles. The van der Waals surface area contributed by atoms with Gasteiger partial charge >= 0.3 is 5.97 Å². The summed E-state index contributed by atoms with van der Waals surface area (Å²) in [5, 5.41) is 9.23. The zero-order chi connectivity index (χ0) is 22.7. The van der Waals surface area contributed by atoms with Crippen molar-refractivity contribution in [2.75, 3.05) is 0 Å². The standard InChI is InChI=1S/C26H31N3O3/c1-16(31)32-20-6-8-25(2)18(11-20)4-5-21-22(25)7-9-26(3)23(21)10-17(14-30)24(26)29-13-19(12-27)28-15-29/h4,13-15,20-23H,5-11H2,1-3H3/t20-,21?,22?,23?,25-,26-/m0/s1. The fraction of sp³-hybridized carbons (Fsp3) is 0.615. The summed E-state index contributed by atoms with van der Waals surface area (Å²) >= 11 is 0. The lowest BCUT2D eigenvalue weighted by atomic mass is 9.47. The van der Waals surface area contributed by atoms with E-state index in [-0.39, 0.29) is 22.9 Å². The van der Waals surface area contributed by atoms with Crippen LogP contribution in [0.5, 0.6) is 0 Å². The third-order valence-corrected chi connectivity index (χ3v) is 9.16. The molecule has 1 aromatic rings. The van der Waals surface area contributed by atoms with Crippen LogP contribution in [0.4, 0.5) is 0 Å². The average Bonchev–Trinajstić information content (AvgIpc) is 3.34. The van der Waals surface area contributed by atoms with Gasteiger partial charge in [-0.15, -0.1) is 0 Å². The Morgan fingerprint density at radius 3 is 2.72 bits per heavy atom. The van der Waals surface area contributed by atoms with E-state index < -0.39 is 0 Å². The minimum absolute atomic E-state index is 0.00854. The van der Waals surface area contributed by atoms with Gasteiger partial charge in [-0.2, -0.15) is 5.26 Å². The van der Waals surface area contributed by atoms with Crippen LogP contribution in [0.1, 0.15) is 71.4 Å². The lowest BCUT2D eigenvalue weighted by Gasteiger charge is -2.57. The third-order valence-electron chi connectivity index (χ3n) is 9.16. The molecule has 4 aliphatic rings. The van der Waals surface area contributed by atoms with Gasteiger partial charge in [0.1, 0.15) is 24.8 Å². The van der Waals surface area contributed by atoms with E-state index in [0.29, 0.717) is 23.4 Å². The summed E-state index contributed by atoms with van der Waals surface area (Å²) in [6, 6.07) is 2.10. The number of esters is 1. The Bertz CT molecular complexity index is 1080. The van der Waals surface area contributed by atoms with Gasteiger partial charge in [-0.1, -0.05) is 25.5 Å². The van der Waals surface area contributed by atoms with Crippen molar-refractivity contribution in [3.8, 4) is 6.07 Å². The minimum Gasteiger partial charge on any atom is -0.462 e. The Kier molecular flexibility index (Phi) is 4.92. The van der Waals surface area contributed by atoms with Gasteiger partial charge in [-0.3, -0.25) is 9.59 Å². The number of carbonyl (C=O) groups is 2. The number of fused-ring (bicyclic) bond motifs is 5. The number of allylic oxidation sites excluding steroid dienone is 3. The van der Waals surface area contributed by atoms with E-state index in [1.165, 1.54) is 12.5 Å². The smallest absolute Gasteiger partial charge is 0.302 e. The molecular formula is C26H31N3O3. The van der Waals surface area contributed by atoms with E-state index in [2.05, 4.69) is 31.0 Å². The van der Waals surface area contributed by atoms with Crippen molar-refractivity contribution < 1.29 is 14.3 Å². The quantitative estimate of drug-likeness (QED) is 0.393. The number of aromatic nitrogens is 2. The summed E-state index contributed by atoms with van der Waals surface area (Å²) in [7, 11) is 0. The van der Waals surface area contributed by atoms with Crippen LogP contribution in [0.3, 0.4) is 0 Å². The van der Waals surface area contributed by atoms with Crippen molar-refractivity contribution in [2.24, 2.45) is 28.6 Å². The molecule has 5 rings (SSSR count). The first kappa shape index (κ1) is 21.2. The van der Waals surface area contributed by atoms with Crippen molar-refractivity contribution in [2.45, 2.75) is 71.8 Å². The molecule has 3 unspecified atom stereocenters. The van der Waals surface area contributed by atoms with Crippen LogP contribution in [-0.2, 0) is 14.3 Å². The highest BCUT2D eigenvalue weighted by Gasteiger charge is 2.58. The number of aldehydes is 1. The van der Waals surface area contributed by atoms with Crippen LogP contribution >= 0.6 is 0 Å². The SMILES string of the molecule is CC(=O)O[C@H]1CC[C@@]2(C)C(=CCC3C2CC[C@]2(C)C(n4cnc(C#N)c4)=C(C=O)CC32)C1. The number of imidazole rings is 1. The van der Waals surface area contributed by atoms with E-state index in [1.807, 2.05) is 4.57 Å². The van der Waals surface area contributed by atoms with Gasteiger partial charge in [0.15, 0.2) is 5.69 Å². The highest BCUT2D eigenvalue weighted by molar-refractivity contribution is 5.86. The van der Waals surface area contributed by atoms with E-state index in [4.69, 9.17) is 4.74 Å². The van der Waals surface area contributed by atoms with Crippen LogP contribution < -0.4 is 0 Å². The van der Waals surface area contributed by atoms with Crippen LogP contribution in [0.15, 0.2) is 29.7 Å². The first-order valence-electron chi connectivity index (χ1n) is 11.8. The second-order valence-corrected chi connectivity index (χ2v) is 10.7. The van der Waals surface area contributed by atoms with Crippen molar-refractivity contribution in [1.82, 2.24) is 9.55 Å². The second kappa shape index (κ2) is 7.43. The molecule has 1 heterocycles. The fourth-order valence-corrected chi connectivity index (χ4v) is 7.72. The lowest BCUT2D eigenvalue weighted by Crippen LogP contribution is -2.50. The van der Waals surface area contributed by atoms with Gasteiger partial charge in [0.25, 0.3) is 0 Å². The number of rotatable bonds is 3. The summed E-state index contributed by atoms with van der Waals surface area (Å²) in [6.45, 7) is 6.22. The molecule has 0 saturated heterocycles. The van der Waals surface area contributed by atoms with Crippen LogP contribution in [0.2, 0.25) is 0 Å². The van der Waals surface area contributed by atoms with Crippen molar-refractivity contribution >= 4 is 18.0 Å². The number of carbonyl (C=O) groups excluding carboxylic acids is 2. The van der Waals surface area contributed by atoms with E-state index in [1.54, 1.807) is 12.5 Å². The Morgan fingerprint density at radius 2 is 2.03 bits per heavy atom. The molecule has 0 aliphatic heterocycles. The molecule has 0 N–H and O–H groups in total. The van der Waals surface area contributed by atoms with Crippen LogP contribution in [0.25, 0.3) is 5.70 Å². The normalized spacial score (nSPS) is 38.1. The summed E-state index contributed by atoms with van der Waals surface area (Å²) in [4.78, 5) is 27.8. The predicted octanol–water partition coefficient (Wildman–Crippen LogP) is 4.67. The van der Waals surface area contributed by atoms with Gasteiger partial charge in [-0.25, -0.2) is 4.98 Å². The maximum absolute atomic E-state index is 12.1.